The number of thiocarbonyl (C=S) groups is 1. The van der Waals surface area contributed by atoms with Gasteiger partial charge in [0, 0.05) is 12.1 Å². The quantitative estimate of drug-likeness (QED) is 0.544. The van der Waals surface area contributed by atoms with E-state index in [0.29, 0.717) is 21.1 Å². The number of anilines is 1. The average Bonchev–Trinajstić information content (AvgIpc) is 2.25. The van der Waals surface area contributed by atoms with Crippen LogP contribution in [-0.2, 0) is 4.79 Å². The van der Waals surface area contributed by atoms with Gasteiger partial charge in [-0.25, -0.2) is 0 Å². The monoisotopic (exact) mass is 380 g/mol. The largest absolute Gasteiger partial charge is 0.506 e. The molecule has 0 aliphatic rings. The van der Waals surface area contributed by atoms with Gasteiger partial charge in [-0.2, -0.15) is 0 Å². The number of carbonyl (C=O) groups excluding carboxylic acids is 1. The topological polar surface area (TPSA) is 61.4 Å². The first-order valence-corrected chi connectivity index (χ1v) is 6.72. The standard InChI is InChI=1S/C10H10Br2N2O2S/c1-2-8(15)14-10(17)13-5-3-6(11)9(16)7(12)4-5/h3-4,16H,2H2,1H3,(H2,13,14,15,17). The Balaban J connectivity index is 2.76. The predicted molar refractivity (Wildman–Crippen MR) is 78.2 cm³/mol. The Labute approximate surface area is 121 Å². The molecule has 0 atom stereocenters. The third-order valence-electron chi connectivity index (χ3n) is 1.85. The van der Waals surface area contributed by atoms with E-state index in [1.165, 1.54) is 0 Å². The van der Waals surface area contributed by atoms with Crippen LogP contribution in [0.15, 0.2) is 21.1 Å². The summed E-state index contributed by atoms with van der Waals surface area (Å²) < 4.78 is 1.05. The van der Waals surface area contributed by atoms with Crippen LogP contribution in [0.1, 0.15) is 13.3 Å². The number of rotatable bonds is 2. The number of nitrogens with one attached hydrogen (secondary N) is 2. The van der Waals surface area contributed by atoms with Gasteiger partial charge in [0.1, 0.15) is 5.75 Å². The van der Waals surface area contributed by atoms with Crippen molar-refractivity contribution in [1.82, 2.24) is 5.32 Å². The molecule has 0 fully saturated rings. The lowest BCUT2D eigenvalue weighted by atomic mass is 10.3. The Morgan fingerprint density at radius 1 is 1.41 bits per heavy atom. The van der Waals surface area contributed by atoms with Gasteiger partial charge in [-0.15, -0.1) is 0 Å². The number of benzene rings is 1. The van der Waals surface area contributed by atoms with Gasteiger partial charge in [-0.05, 0) is 56.2 Å². The molecular weight excluding hydrogens is 372 g/mol. The lowest BCUT2D eigenvalue weighted by Gasteiger charge is -2.10. The fraction of sp³-hybridized carbons (Fsp3) is 0.200. The maximum atomic E-state index is 11.1. The molecule has 1 aromatic rings. The fourth-order valence-electron chi connectivity index (χ4n) is 1.02. The molecule has 92 valence electrons. The van der Waals surface area contributed by atoms with Gasteiger partial charge in [0.2, 0.25) is 5.91 Å². The van der Waals surface area contributed by atoms with Crippen LogP contribution in [0.3, 0.4) is 0 Å². The summed E-state index contributed by atoms with van der Waals surface area (Å²) in [5, 5.41) is 15.1. The van der Waals surface area contributed by atoms with Crippen molar-refractivity contribution in [3.63, 3.8) is 0 Å². The Morgan fingerprint density at radius 2 is 1.94 bits per heavy atom. The van der Waals surface area contributed by atoms with Gasteiger partial charge in [-0.3, -0.25) is 4.79 Å². The highest BCUT2D eigenvalue weighted by atomic mass is 79.9. The Hall–Kier alpha value is -0.660. The molecule has 3 N–H and O–H groups in total. The number of carbonyl (C=O) groups is 1. The number of hydrogen-bond donors (Lipinski definition) is 3. The Kier molecular flexibility index (Phi) is 5.35. The molecule has 0 saturated carbocycles. The summed E-state index contributed by atoms with van der Waals surface area (Å²) in [5.41, 5.74) is 0.656. The summed E-state index contributed by atoms with van der Waals surface area (Å²) in [5.74, 6) is -0.0431. The predicted octanol–water partition coefficient (Wildman–Crippen LogP) is 3.14. The summed E-state index contributed by atoms with van der Waals surface area (Å²) in [6.07, 6.45) is 0.366. The summed E-state index contributed by atoms with van der Waals surface area (Å²) in [6.45, 7) is 1.74. The summed E-state index contributed by atoms with van der Waals surface area (Å²) >= 11 is 11.4. The van der Waals surface area contributed by atoms with Gasteiger partial charge >= 0.3 is 0 Å². The number of aromatic hydroxyl groups is 1. The van der Waals surface area contributed by atoms with Crippen molar-refractivity contribution in [1.29, 1.82) is 0 Å². The van der Waals surface area contributed by atoms with Crippen LogP contribution in [0.5, 0.6) is 5.75 Å². The van der Waals surface area contributed by atoms with E-state index in [4.69, 9.17) is 12.2 Å². The molecule has 17 heavy (non-hydrogen) atoms. The Bertz CT molecular complexity index is 443. The molecule has 0 bridgehead atoms. The van der Waals surface area contributed by atoms with E-state index >= 15 is 0 Å². The molecule has 1 aromatic carbocycles. The molecule has 0 radical (unpaired) electrons. The first kappa shape index (κ1) is 14.4. The van der Waals surface area contributed by atoms with E-state index in [0.717, 1.165) is 0 Å². The highest BCUT2D eigenvalue weighted by Crippen LogP contribution is 2.35. The molecule has 0 aliphatic carbocycles. The molecule has 4 nitrogen and oxygen atoms in total. The molecule has 1 amide bonds. The molecule has 1 rings (SSSR count). The minimum absolute atomic E-state index is 0.110. The van der Waals surface area contributed by atoms with Crippen molar-refractivity contribution >= 4 is 60.8 Å². The van der Waals surface area contributed by atoms with Crippen LogP contribution in [0.4, 0.5) is 5.69 Å². The third kappa shape index (κ3) is 4.25. The summed E-state index contributed by atoms with van der Waals surface area (Å²) in [7, 11) is 0. The maximum Gasteiger partial charge on any atom is 0.225 e. The van der Waals surface area contributed by atoms with E-state index in [1.807, 2.05) is 0 Å². The number of phenolic OH excluding ortho intramolecular Hbond substituents is 1. The van der Waals surface area contributed by atoms with Crippen LogP contribution in [-0.4, -0.2) is 16.1 Å². The summed E-state index contributed by atoms with van der Waals surface area (Å²) in [4.78, 5) is 11.1. The minimum Gasteiger partial charge on any atom is -0.506 e. The zero-order valence-electron chi connectivity index (χ0n) is 8.88. The SMILES string of the molecule is CCC(=O)NC(=S)Nc1cc(Br)c(O)c(Br)c1. The van der Waals surface area contributed by atoms with Crippen molar-refractivity contribution in [3.8, 4) is 5.75 Å². The van der Waals surface area contributed by atoms with Crippen LogP contribution < -0.4 is 10.6 Å². The van der Waals surface area contributed by atoms with Gasteiger partial charge < -0.3 is 15.7 Å². The van der Waals surface area contributed by atoms with Crippen LogP contribution in [0, 0.1) is 0 Å². The second-order valence-electron chi connectivity index (χ2n) is 3.14. The van der Waals surface area contributed by atoms with Crippen LogP contribution in [0.25, 0.3) is 0 Å². The number of amides is 1. The molecule has 0 saturated heterocycles. The van der Waals surface area contributed by atoms with Crippen molar-refractivity contribution in [2.24, 2.45) is 0 Å². The zero-order valence-corrected chi connectivity index (χ0v) is 12.9. The highest BCUT2D eigenvalue weighted by molar-refractivity contribution is 9.11. The highest BCUT2D eigenvalue weighted by Gasteiger charge is 2.07. The minimum atomic E-state index is -0.153. The van der Waals surface area contributed by atoms with Crippen molar-refractivity contribution in [3.05, 3.63) is 21.1 Å². The summed E-state index contributed by atoms with van der Waals surface area (Å²) in [6, 6.07) is 3.31. The van der Waals surface area contributed by atoms with E-state index in [2.05, 4.69) is 42.5 Å². The van der Waals surface area contributed by atoms with E-state index < -0.39 is 0 Å². The fourth-order valence-corrected chi connectivity index (χ4v) is 2.43. The van der Waals surface area contributed by atoms with Gasteiger partial charge in [-0.1, -0.05) is 6.92 Å². The number of halogens is 2. The average molecular weight is 382 g/mol. The van der Waals surface area contributed by atoms with Crippen molar-refractivity contribution in [2.75, 3.05) is 5.32 Å². The first-order chi connectivity index (χ1) is 7.93. The first-order valence-electron chi connectivity index (χ1n) is 4.73. The second kappa shape index (κ2) is 6.32. The zero-order chi connectivity index (χ0) is 13.0. The lowest BCUT2D eigenvalue weighted by Crippen LogP contribution is -2.33. The van der Waals surface area contributed by atoms with Gasteiger partial charge in [0.05, 0.1) is 8.95 Å². The molecular formula is C10H10Br2N2O2S. The smallest absolute Gasteiger partial charge is 0.225 e. The molecule has 0 heterocycles. The molecule has 7 heteroatoms. The maximum absolute atomic E-state index is 11.1. The van der Waals surface area contributed by atoms with E-state index in [9.17, 15) is 9.90 Å². The lowest BCUT2D eigenvalue weighted by molar-refractivity contribution is -0.119. The second-order valence-corrected chi connectivity index (χ2v) is 5.26. The molecule has 0 spiro atoms. The van der Waals surface area contributed by atoms with Gasteiger partial charge in [0.15, 0.2) is 5.11 Å². The normalized spacial score (nSPS) is 9.82. The molecule has 0 aromatic heterocycles. The molecule has 0 unspecified atom stereocenters. The van der Waals surface area contributed by atoms with Crippen LogP contribution >= 0.6 is 44.1 Å². The van der Waals surface area contributed by atoms with Gasteiger partial charge in [0.25, 0.3) is 0 Å². The Morgan fingerprint density at radius 3 is 2.41 bits per heavy atom. The van der Waals surface area contributed by atoms with E-state index in [-0.39, 0.29) is 16.8 Å². The number of phenols is 1. The van der Waals surface area contributed by atoms with Crippen molar-refractivity contribution in [2.45, 2.75) is 13.3 Å². The van der Waals surface area contributed by atoms with Crippen molar-refractivity contribution < 1.29 is 9.90 Å². The number of hydrogen-bond acceptors (Lipinski definition) is 3. The molecule has 0 aliphatic heterocycles. The van der Waals surface area contributed by atoms with E-state index in [1.54, 1.807) is 19.1 Å². The van der Waals surface area contributed by atoms with Crippen LogP contribution in [0.2, 0.25) is 0 Å². The third-order valence-corrected chi connectivity index (χ3v) is 3.26.